The Morgan fingerprint density at radius 1 is 0.968 bits per heavy atom. The van der Waals surface area contributed by atoms with Gasteiger partial charge >= 0.3 is 0 Å². The van der Waals surface area contributed by atoms with E-state index in [4.69, 9.17) is 4.98 Å². The maximum absolute atomic E-state index is 12.5. The van der Waals surface area contributed by atoms with Crippen LogP contribution >= 0.6 is 0 Å². The topological polar surface area (TPSA) is 68.1 Å². The van der Waals surface area contributed by atoms with Gasteiger partial charge in [0.05, 0.1) is 23.0 Å². The molecule has 3 heterocycles. The van der Waals surface area contributed by atoms with Crippen LogP contribution in [0.3, 0.4) is 0 Å². The summed E-state index contributed by atoms with van der Waals surface area (Å²) in [5, 5.41) is 4.63. The Kier molecular flexibility index (Phi) is 4.54. The molecule has 6 nitrogen and oxygen atoms in total. The van der Waals surface area contributed by atoms with Crippen molar-refractivity contribution in [3.05, 3.63) is 59.5 Å². The van der Waals surface area contributed by atoms with Crippen LogP contribution < -0.4 is 0 Å². The lowest BCUT2D eigenvalue weighted by Gasteiger charge is -2.22. The quantitative estimate of drug-likeness (QED) is 0.579. The Bertz CT molecular complexity index is 1200. The number of carbonyl (C=O) groups excluding carboxylic acids is 2. The van der Waals surface area contributed by atoms with E-state index in [1.54, 1.807) is 12.1 Å². The van der Waals surface area contributed by atoms with Gasteiger partial charge in [0, 0.05) is 42.2 Å². The van der Waals surface area contributed by atoms with Gasteiger partial charge < -0.3 is 0 Å². The maximum atomic E-state index is 12.5. The molecule has 1 saturated carbocycles. The second-order valence-corrected chi connectivity index (χ2v) is 9.22. The molecule has 1 fully saturated rings. The summed E-state index contributed by atoms with van der Waals surface area (Å²) in [5.74, 6) is -0.528. The van der Waals surface area contributed by atoms with Gasteiger partial charge in [0.1, 0.15) is 0 Å². The van der Waals surface area contributed by atoms with E-state index >= 15 is 0 Å². The molecule has 0 unspecified atom stereocenters. The van der Waals surface area contributed by atoms with E-state index in [1.807, 2.05) is 29.9 Å². The van der Waals surface area contributed by atoms with Crippen LogP contribution in [-0.4, -0.2) is 38.5 Å². The molecule has 1 aromatic carbocycles. The monoisotopic (exact) mass is 414 g/mol. The highest BCUT2D eigenvalue weighted by Crippen LogP contribution is 2.39. The zero-order chi connectivity index (χ0) is 21.8. The first kappa shape index (κ1) is 19.7. The minimum atomic E-state index is -0.270. The highest BCUT2D eigenvalue weighted by molar-refractivity contribution is 6.21. The van der Waals surface area contributed by atoms with Crippen LogP contribution in [-0.2, 0) is 6.54 Å². The number of rotatable bonds is 4. The fourth-order valence-corrected chi connectivity index (χ4v) is 4.89. The normalized spacial score (nSPS) is 17.5. The lowest BCUT2D eigenvalue weighted by Crippen LogP contribution is -2.24. The van der Waals surface area contributed by atoms with Crippen LogP contribution in [0.1, 0.15) is 59.0 Å². The van der Waals surface area contributed by atoms with E-state index in [9.17, 15) is 9.59 Å². The number of pyridine rings is 1. The summed E-state index contributed by atoms with van der Waals surface area (Å²) in [6.07, 6.45) is 9.07. The largest absolute Gasteiger partial charge is 0.277 e. The molecule has 0 bridgehead atoms. The van der Waals surface area contributed by atoms with Gasteiger partial charge in [-0.2, -0.15) is 5.10 Å². The SMILES string of the molecule is Cc1ccc(-c2cnn(CC3(C)CCCC3)c2)c(-c2ccc3c(c2)C(=O)N(C)C3=O)n1. The van der Waals surface area contributed by atoms with Gasteiger partial charge in [-0.1, -0.05) is 31.9 Å². The zero-order valence-electron chi connectivity index (χ0n) is 18.2. The lowest BCUT2D eigenvalue weighted by atomic mass is 9.89. The Morgan fingerprint density at radius 2 is 1.68 bits per heavy atom. The van der Waals surface area contributed by atoms with Gasteiger partial charge in [0.2, 0.25) is 0 Å². The number of benzene rings is 1. The summed E-state index contributed by atoms with van der Waals surface area (Å²) >= 11 is 0. The number of aromatic nitrogens is 3. The fourth-order valence-electron chi connectivity index (χ4n) is 4.89. The van der Waals surface area contributed by atoms with Crippen molar-refractivity contribution in [3.8, 4) is 22.4 Å². The minimum absolute atomic E-state index is 0.259. The average molecular weight is 415 g/mol. The molecule has 2 aliphatic rings. The summed E-state index contributed by atoms with van der Waals surface area (Å²) < 4.78 is 2.05. The average Bonchev–Trinajstić information content (AvgIpc) is 3.45. The third-order valence-electron chi connectivity index (χ3n) is 6.70. The molecule has 1 aliphatic heterocycles. The maximum Gasteiger partial charge on any atom is 0.261 e. The molecule has 2 amide bonds. The summed E-state index contributed by atoms with van der Waals surface area (Å²) in [6, 6.07) is 9.44. The van der Waals surface area contributed by atoms with Crippen LogP contribution in [0.4, 0.5) is 0 Å². The summed E-state index contributed by atoms with van der Waals surface area (Å²) in [5.41, 5.74) is 5.68. The molecule has 0 N–H and O–H groups in total. The summed E-state index contributed by atoms with van der Waals surface area (Å²) in [6.45, 7) is 5.22. The number of hydrogen-bond acceptors (Lipinski definition) is 4. The van der Waals surface area contributed by atoms with Crippen LogP contribution in [0.5, 0.6) is 0 Å². The fraction of sp³-hybridized carbons (Fsp3) is 0.360. The van der Waals surface area contributed by atoms with Gasteiger partial charge in [-0.25, -0.2) is 0 Å². The van der Waals surface area contributed by atoms with E-state index in [0.29, 0.717) is 16.5 Å². The third-order valence-corrected chi connectivity index (χ3v) is 6.70. The van der Waals surface area contributed by atoms with Crippen molar-refractivity contribution < 1.29 is 9.59 Å². The van der Waals surface area contributed by atoms with Gasteiger partial charge in [0.25, 0.3) is 11.8 Å². The van der Waals surface area contributed by atoms with Gasteiger partial charge in [-0.05, 0) is 43.4 Å². The molecule has 0 atom stereocenters. The van der Waals surface area contributed by atoms with Gasteiger partial charge in [-0.3, -0.25) is 24.2 Å². The standard InChI is InChI=1S/C25H26N4O2/c1-16-6-8-19(18-13-26-29(14-18)15-25(2)10-4-5-11-25)22(27-16)17-7-9-20-21(12-17)24(31)28(3)23(20)30/h6-9,12-14H,4-5,10-11,15H2,1-3H3. The van der Waals surface area contributed by atoms with Crippen molar-refractivity contribution in [1.82, 2.24) is 19.7 Å². The molecule has 3 aromatic rings. The van der Waals surface area contributed by atoms with E-state index in [-0.39, 0.29) is 11.8 Å². The summed E-state index contributed by atoms with van der Waals surface area (Å²) in [4.78, 5) is 30.7. The first-order valence-corrected chi connectivity index (χ1v) is 10.8. The molecule has 2 aromatic heterocycles. The number of fused-ring (bicyclic) bond motifs is 1. The van der Waals surface area contributed by atoms with Gasteiger partial charge in [-0.15, -0.1) is 0 Å². The predicted molar refractivity (Wildman–Crippen MR) is 119 cm³/mol. The van der Waals surface area contributed by atoms with E-state index in [0.717, 1.165) is 39.5 Å². The second kappa shape index (κ2) is 7.15. The number of nitrogens with zero attached hydrogens (tertiary/aromatic N) is 4. The molecule has 158 valence electrons. The number of imide groups is 1. The number of hydrogen-bond donors (Lipinski definition) is 0. The molecule has 0 radical (unpaired) electrons. The Labute approximate surface area is 181 Å². The smallest absolute Gasteiger partial charge is 0.261 e. The molecule has 6 heteroatoms. The molecular formula is C25H26N4O2. The van der Waals surface area contributed by atoms with E-state index in [2.05, 4.69) is 24.3 Å². The highest BCUT2D eigenvalue weighted by atomic mass is 16.2. The first-order valence-electron chi connectivity index (χ1n) is 10.8. The van der Waals surface area contributed by atoms with Crippen LogP contribution in [0, 0.1) is 12.3 Å². The van der Waals surface area contributed by atoms with Crippen LogP contribution in [0.2, 0.25) is 0 Å². The number of amides is 2. The predicted octanol–water partition coefficient (Wildman–Crippen LogP) is 4.73. The van der Waals surface area contributed by atoms with Crippen molar-refractivity contribution >= 4 is 11.8 Å². The van der Waals surface area contributed by atoms with E-state index < -0.39 is 0 Å². The minimum Gasteiger partial charge on any atom is -0.277 e. The summed E-state index contributed by atoms with van der Waals surface area (Å²) in [7, 11) is 1.51. The molecule has 31 heavy (non-hydrogen) atoms. The second-order valence-electron chi connectivity index (χ2n) is 9.22. The van der Waals surface area contributed by atoms with E-state index in [1.165, 1.54) is 32.7 Å². The number of aryl methyl sites for hydroxylation is 1. The lowest BCUT2D eigenvalue weighted by molar-refractivity contribution is 0.0693. The third kappa shape index (κ3) is 3.36. The van der Waals surface area contributed by atoms with Crippen molar-refractivity contribution in [3.63, 3.8) is 0 Å². The Morgan fingerprint density at radius 3 is 2.45 bits per heavy atom. The molecule has 1 aliphatic carbocycles. The zero-order valence-corrected chi connectivity index (χ0v) is 18.2. The Balaban J connectivity index is 1.54. The first-order chi connectivity index (χ1) is 14.8. The molecule has 0 spiro atoms. The number of carbonyl (C=O) groups is 2. The Hall–Kier alpha value is -3.28. The highest BCUT2D eigenvalue weighted by Gasteiger charge is 2.33. The molecule has 0 saturated heterocycles. The van der Waals surface area contributed by atoms with Crippen molar-refractivity contribution in [2.45, 2.75) is 46.1 Å². The van der Waals surface area contributed by atoms with Crippen LogP contribution in [0.15, 0.2) is 42.7 Å². The van der Waals surface area contributed by atoms with Crippen LogP contribution in [0.25, 0.3) is 22.4 Å². The van der Waals surface area contributed by atoms with Crippen molar-refractivity contribution in [2.24, 2.45) is 5.41 Å². The van der Waals surface area contributed by atoms with Gasteiger partial charge in [0.15, 0.2) is 0 Å². The molecule has 5 rings (SSSR count). The van der Waals surface area contributed by atoms with Crippen molar-refractivity contribution in [1.29, 1.82) is 0 Å². The molecular weight excluding hydrogens is 388 g/mol. The van der Waals surface area contributed by atoms with Crippen molar-refractivity contribution in [2.75, 3.05) is 7.05 Å².